The molecule has 16 heavy (non-hydrogen) atoms. The van der Waals surface area contributed by atoms with Crippen LogP contribution in [0.1, 0.15) is 18.1 Å². The number of nitrogens with one attached hydrogen (secondary N) is 2. The van der Waals surface area contributed by atoms with Gasteiger partial charge in [-0.1, -0.05) is 6.07 Å². The molecule has 1 aromatic carbocycles. The number of hydrogen-bond donors (Lipinski definition) is 2. The monoisotopic (exact) mass is 219 g/mol. The van der Waals surface area contributed by atoms with Crippen LogP contribution in [0.5, 0.6) is 0 Å². The van der Waals surface area contributed by atoms with E-state index in [0.717, 1.165) is 5.69 Å². The van der Waals surface area contributed by atoms with Crippen molar-refractivity contribution in [2.75, 3.05) is 26.5 Å². The minimum absolute atomic E-state index is 1.15. The van der Waals surface area contributed by atoms with E-state index in [1.807, 2.05) is 26.2 Å². The minimum atomic E-state index is 1.15. The fourth-order valence-electron chi connectivity index (χ4n) is 1.69. The first-order valence-corrected chi connectivity index (χ1v) is 5.46. The van der Waals surface area contributed by atoms with E-state index >= 15 is 0 Å². The Morgan fingerprint density at radius 2 is 2.00 bits per heavy atom. The van der Waals surface area contributed by atoms with Gasteiger partial charge >= 0.3 is 0 Å². The Morgan fingerprint density at radius 3 is 2.50 bits per heavy atom. The van der Waals surface area contributed by atoms with Gasteiger partial charge in [-0.05, 0) is 42.7 Å². The zero-order valence-corrected chi connectivity index (χ0v) is 10.8. The maximum atomic E-state index is 3.14. The van der Waals surface area contributed by atoms with Crippen molar-refractivity contribution < 1.29 is 0 Å². The molecule has 0 amide bonds. The molecule has 3 heteroatoms. The van der Waals surface area contributed by atoms with Gasteiger partial charge in [-0.25, -0.2) is 5.43 Å². The third kappa shape index (κ3) is 3.00. The van der Waals surface area contributed by atoms with Crippen LogP contribution in [0.25, 0.3) is 5.57 Å². The second-order valence-electron chi connectivity index (χ2n) is 3.93. The summed E-state index contributed by atoms with van der Waals surface area (Å²) in [7, 11) is 5.83. The van der Waals surface area contributed by atoms with E-state index in [9.17, 15) is 0 Å². The van der Waals surface area contributed by atoms with Gasteiger partial charge in [0.15, 0.2) is 0 Å². The van der Waals surface area contributed by atoms with Crippen LogP contribution in [-0.4, -0.2) is 26.2 Å². The smallest absolute Gasteiger partial charge is 0.0340 e. The van der Waals surface area contributed by atoms with Crippen LogP contribution in [0.15, 0.2) is 24.4 Å². The van der Waals surface area contributed by atoms with Crippen LogP contribution in [0.2, 0.25) is 0 Å². The highest BCUT2D eigenvalue weighted by atomic mass is 15.5. The molecule has 88 valence electrons. The van der Waals surface area contributed by atoms with Gasteiger partial charge in [0.25, 0.3) is 0 Å². The summed E-state index contributed by atoms with van der Waals surface area (Å²) < 4.78 is 0. The van der Waals surface area contributed by atoms with E-state index in [1.54, 1.807) is 0 Å². The number of nitrogens with zero attached hydrogens (tertiary/aromatic N) is 1. The molecule has 0 aliphatic carbocycles. The first kappa shape index (κ1) is 12.6. The van der Waals surface area contributed by atoms with E-state index in [-0.39, 0.29) is 0 Å². The summed E-state index contributed by atoms with van der Waals surface area (Å²) in [6.07, 6.45) is 2.08. The van der Waals surface area contributed by atoms with Gasteiger partial charge in [0, 0.05) is 33.0 Å². The molecule has 0 saturated heterocycles. The predicted octanol–water partition coefficient (Wildman–Crippen LogP) is 2.46. The number of hydrazine groups is 1. The Hall–Kier alpha value is -1.48. The van der Waals surface area contributed by atoms with E-state index in [4.69, 9.17) is 0 Å². The molecule has 0 aliphatic heterocycles. The van der Waals surface area contributed by atoms with Gasteiger partial charge in [0.05, 0.1) is 0 Å². The molecular formula is C13H21N3. The molecule has 1 aromatic rings. The van der Waals surface area contributed by atoms with Gasteiger partial charge in [-0.3, -0.25) is 0 Å². The molecule has 1 rings (SSSR count). The number of allylic oxidation sites excluding steroid dienone is 1. The van der Waals surface area contributed by atoms with Crippen LogP contribution in [0, 0.1) is 6.92 Å². The average molecular weight is 219 g/mol. The lowest BCUT2D eigenvalue weighted by Crippen LogP contribution is -2.25. The molecule has 3 nitrogen and oxygen atoms in total. The molecule has 0 radical (unpaired) electrons. The van der Waals surface area contributed by atoms with Crippen molar-refractivity contribution in [2.24, 2.45) is 0 Å². The Morgan fingerprint density at radius 1 is 1.31 bits per heavy atom. The summed E-state index contributed by atoms with van der Waals surface area (Å²) in [6.45, 7) is 4.25. The molecule has 0 bridgehead atoms. The zero-order valence-electron chi connectivity index (χ0n) is 10.8. The van der Waals surface area contributed by atoms with Crippen LogP contribution in [0.3, 0.4) is 0 Å². The van der Waals surface area contributed by atoms with Crippen LogP contribution < -0.4 is 10.7 Å². The summed E-state index contributed by atoms with van der Waals surface area (Å²) in [5, 5.41) is 5.09. The van der Waals surface area contributed by atoms with Crippen molar-refractivity contribution in [3.05, 3.63) is 35.5 Å². The van der Waals surface area contributed by atoms with Crippen molar-refractivity contribution in [1.82, 2.24) is 10.4 Å². The fourth-order valence-corrected chi connectivity index (χ4v) is 1.69. The number of benzene rings is 1. The summed E-state index contributed by atoms with van der Waals surface area (Å²) in [4.78, 5) is 0. The quantitative estimate of drug-likeness (QED) is 0.762. The van der Waals surface area contributed by atoms with Crippen molar-refractivity contribution in [1.29, 1.82) is 0 Å². The van der Waals surface area contributed by atoms with Gasteiger partial charge in [0.2, 0.25) is 0 Å². The van der Waals surface area contributed by atoms with Crippen molar-refractivity contribution in [3.8, 4) is 0 Å². The maximum Gasteiger partial charge on any atom is 0.0340 e. The van der Waals surface area contributed by atoms with Crippen molar-refractivity contribution in [2.45, 2.75) is 13.8 Å². The van der Waals surface area contributed by atoms with Crippen molar-refractivity contribution >= 4 is 11.3 Å². The second kappa shape index (κ2) is 5.56. The van der Waals surface area contributed by atoms with Crippen LogP contribution >= 0.6 is 0 Å². The molecule has 0 atom stereocenters. The molecule has 0 saturated carbocycles. The second-order valence-corrected chi connectivity index (χ2v) is 3.93. The topological polar surface area (TPSA) is 27.3 Å². The summed E-state index contributed by atoms with van der Waals surface area (Å²) >= 11 is 0. The highest BCUT2D eigenvalue weighted by molar-refractivity contribution is 5.68. The Balaban J connectivity index is 3.00. The fraction of sp³-hybridized carbons (Fsp3) is 0.385. The predicted molar refractivity (Wildman–Crippen MR) is 71.2 cm³/mol. The molecule has 0 spiro atoms. The molecule has 0 fully saturated rings. The standard InChI is InChI=1S/C13H21N3/c1-10-8-12(14-3)6-7-13(10)11(2)9-16(5)15-4/h6-9,14-15H,1-5H3/b11-9+. The maximum absolute atomic E-state index is 3.14. The lowest BCUT2D eigenvalue weighted by Gasteiger charge is -2.15. The minimum Gasteiger partial charge on any atom is -0.388 e. The van der Waals surface area contributed by atoms with Crippen LogP contribution in [-0.2, 0) is 0 Å². The Kier molecular flexibility index (Phi) is 4.38. The van der Waals surface area contributed by atoms with Crippen LogP contribution in [0.4, 0.5) is 5.69 Å². The SMILES string of the molecule is CNc1ccc(/C(C)=C/N(C)NC)c(C)c1. The highest BCUT2D eigenvalue weighted by Gasteiger charge is 2.02. The number of rotatable bonds is 4. The van der Waals surface area contributed by atoms with E-state index in [2.05, 4.69) is 49.0 Å². The highest BCUT2D eigenvalue weighted by Crippen LogP contribution is 2.21. The molecule has 0 aliphatic rings. The zero-order chi connectivity index (χ0) is 12.1. The van der Waals surface area contributed by atoms with E-state index in [0.29, 0.717) is 0 Å². The molecule has 0 aromatic heterocycles. The number of hydrogen-bond acceptors (Lipinski definition) is 3. The number of anilines is 1. The first-order chi connectivity index (χ1) is 7.58. The summed E-state index contributed by atoms with van der Waals surface area (Å²) in [5.74, 6) is 0. The third-order valence-electron chi connectivity index (χ3n) is 2.68. The normalized spacial score (nSPS) is 11.4. The largest absolute Gasteiger partial charge is 0.388 e. The first-order valence-electron chi connectivity index (χ1n) is 5.46. The van der Waals surface area contributed by atoms with Gasteiger partial charge in [0.1, 0.15) is 0 Å². The summed E-state index contributed by atoms with van der Waals surface area (Å²) in [6, 6.07) is 6.40. The van der Waals surface area contributed by atoms with Gasteiger partial charge < -0.3 is 10.3 Å². The number of aryl methyl sites for hydroxylation is 1. The molecule has 2 N–H and O–H groups in total. The van der Waals surface area contributed by atoms with E-state index in [1.165, 1.54) is 16.7 Å². The average Bonchev–Trinajstić information content (AvgIpc) is 2.28. The lowest BCUT2D eigenvalue weighted by molar-refractivity contribution is 0.366. The van der Waals surface area contributed by atoms with E-state index < -0.39 is 0 Å². The molecular weight excluding hydrogens is 198 g/mol. The van der Waals surface area contributed by atoms with Gasteiger partial charge in [-0.15, -0.1) is 0 Å². The van der Waals surface area contributed by atoms with Gasteiger partial charge in [-0.2, -0.15) is 0 Å². The third-order valence-corrected chi connectivity index (χ3v) is 2.68. The lowest BCUT2D eigenvalue weighted by atomic mass is 10.0. The van der Waals surface area contributed by atoms with Crippen molar-refractivity contribution in [3.63, 3.8) is 0 Å². The Labute approximate surface area is 98.1 Å². The summed E-state index contributed by atoms with van der Waals surface area (Å²) in [5.41, 5.74) is 8.01. The molecule has 0 unspecified atom stereocenters. The Bertz CT molecular complexity index is 383. The molecule has 0 heterocycles.